The van der Waals surface area contributed by atoms with Gasteiger partial charge in [0.25, 0.3) is 0 Å². The van der Waals surface area contributed by atoms with Crippen LogP contribution in [-0.2, 0) is 4.79 Å². The summed E-state index contributed by atoms with van der Waals surface area (Å²) < 4.78 is 0. The lowest BCUT2D eigenvalue weighted by Gasteiger charge is -2.40. The molecule has 11 heavy (non-hydrogen) atoms. The molecule has 0 bridgehead atoms. The minimum Gasteiger partial charge on any atom is -0.343 e. The Bertz CT molecular complexity index is 154. The summed E-state index contributed by atoms with van der Waals surface area (Å²) in [5.41, 5.74) is 0.429. The average Bonchev–Trinajstić information content (AvgIpc) is 1.86. The highest BCUT2D eigenvalue weighted by molar-refractivity contribution is 5.47. The molecule has 1 atom stereocenters. The predicted octanol–water partition coefficient (Wildman–Crippen LogP) is 1.65. The molecule has 0 aromatic heterocycles. The zero-order valence-corrected chi connectivity index (χ0v) is 7.63. The van der Waals surface area contributed by atoms with Gasteiger partial charge in [-0.1, -0.05) is 13.8 Å². The first-order valence-electron chi connectivity index (χ1n) is 4.26. The second kappa shape index (κ2) is 2.84. The number of nitrogens with zero attached hydrogens (tertiary/aromatic N) is 1. The van der Waals surface area contributed by atoms with Gasteiger partial charge in [-0.2, -0.15) is 0 Å². The summed E-state index contributed by atoms with van der Waals surface area (Å²) in [5, 5.41) is 0. The lowest BCUT2D eigenvalue weighted by atomic mass is 9.79. The van der Waals surface area contributed by atoms with Gasteiger partial charge < -0.3 is 4.90 Å². The van der Waals surface area contributed by atoms with Crippen molar-refractivity contribution in [1.82, 2.24) is 4.90 Å². The Kier molecular flexibility index (Phi) is 2.21. The zero-order valence-electron chi connectivity index (χ0n) is 7.63. The molecule has 0 N–H and O–H groups in total. The maximum absolute atomic E-state index is 10.5. The fourth-order valence-corrected chi connectivity index (χ4v) is 1.83. The number of rotatable bonds is 1. The van der Waals surface area contributed by atoms with Crippen molar-refractivity contribution in [2.24, 2.45) is 5.41 Å². The van der Waals surface area contributed by atoms with E-state index in [1.807, 2.05) is 4.90 Å². The molecule has 1 fully saturated rings. The Hall–Kier alpha value is -0.530. The van der Waals surface area contributed by atoms with Gasteiger partial charge in [-0.15, -0.1) is 0 Å². The van der Waals surface area contributed by atoms with E-state index in [2.05, 4.69) is 20.8 Å². The van der Waals surface area contributed by atoms with Gasteiger partial charge >= 0.3 is 0 Å². The molecule has 1 aliphatic rings. The third-order valence-electron chi connectivity index (χ3n) is 2.60. The topological polar surface area (TPSA) is 20.3 Å². The second-order valence-electron chi connectivity index (χ2n) is 4.31. The van der Waals surface area contributed by atoms with Crippen LogP contribution in [0.4, 0.5) is 0 Å². The highest BCUT2D eigenvalue weighted by Gasteiger charge is 2.29. The molecule has 1 heterocycles. The Balaban J connectivity index is 2.54. The number of hydrogen-bond acceptors (Lipinski definition) is 1. The van der Waals surface area contributed by atoms with Crippen LogP contribution in [-0.4, -0.2) is 23.9 Å². The van der Waals surface area contributed by atoms with Crippen molar-refractivity contribution < 1.29 is 4.79 Å². The maximum atomic E-state index is 10.5. The number of hydrogen-bond donors (Lipinski definition) is 0. The Morgan fingerprint density at radius 3 is 2.64 bits per heavy atom. The smallest absolute Gasteiger partial charge is 0.209 e. The summed E-state index contributed by atoms with van der Waals surface area (Å²) in [4.78, 5) is 12.4. The molecule has 0 aromatic carbocycles. The number of amides is 1. The van der Waals surface area contributed by atoms with Gasteiger partial charge in [0.1, 0.15) is 0 Å². The fourth-order valence-electron chi connectivity index (χ4n) is 1.83. The largest absolute Gasteiger partial charge is 0.343 e. The summed E-state index contributed by atoms with van der Waals surface area (Å²) in [6, 6.07) is 0.427. The van der Waals surface area contributed by atoms with Crippen LogP contribution in [0.5, 0.6) is 0 Å². The first-order chi connectivity index (χ1) is 5.05. The normalized spacial score (nSPS) is 30.1. The van der Waals surface area contributed by atoms with E-state index >= 15 is 0 Å². The van der Waals surface area contributed by atoms with Crippen LogP contribution in [0, 0.1) is 5.41 Å². The Labute approximate surface area is 68.6 Å². The average molecular weight is 155 g/mol. The van der Waals surface area contributed by atoms with Crippen molar-refractivity contribution in [2.75, 3.05) is 6.54 Å². The van der Waals surface area contributed by atoms with Crippen molar-refractivity contribution in [2.45, 2.75) is 39.7 Å². The Morgan fingerprint density at radius 2 is 2.18 bits per heavy atom. The number of piperidine rings is 1. The van der Waals surface area contributed by atoms with Crippen molar-refractivity contribution in [1.29, 1.82) is 0 Å². The molecular weight excluding hydrogens is 138 g/mol. The van der Waals surface area contributed by atoms with Gasteiger partial charge in [0.05, 0.1) is 0 Å². The first kappa shape index (κ1) is 8.57. The van der Waals surface area contributed by atoms with Gasteiger partial charge in [-0.3, -0.25) is 4.79 Å². The summed E-state index contributed by atoms with van der Waals surface area (Å²) in [6.45, 7) is 7.59. The van der Waals surface area contributed by atoms with Crippen LogP contribution in [0.15, 0.2) is 0 Å². The molecule has 0 aliphatic carbocycles. The molecule has 1 saturated heterocycles. The highest BCUT2D eigenvalue weighted by atomic mass is 16.1. The lowest BCUT2D eigenvalue weighted by molar-refractivity contribution is -0.122. The maximum Gasteiger partial charge on any atom is 0.209 e. The predicted molar refractivity (Wildman–Crippen MR) is 45.2 cm³/mol. The number of carbonyl (C=O) groups is 1. The van der Waals surface area contributed by atoms with E-state index in [1.54, 1.807) is 0 Å². The monoisotopic (exact) mass is 155 g/mol. The van der Waals surface area contributed by atoms with E-state index in [4.69, 9.17) is 0 Å². The minimum atomic E-state index is 0.427. The second-order valence-corrected chi connectivity index (χ2v) is 4.31. The minimum absolute atomic E-state index is 0.427. The van der Waals surface area contributed by atoms with Crippen molar-refractivity contribution in [3.8, 4) is 0 Å². The third-order valence-corrected chi connectivity index (χ3v) is 2.60. The quantitative estimate of drug-likeness (QED) is 0.527. The Morgan fingerprint density at radius 1 is 1.55 bits per heavy atom. The van der Waals surface area contributed by atoms with Crippen LogP contribution >= 0.6 is 0 Å². The molecule has 1 amide bonds. The van der Waals surface area contributed by atoms with Crippen LogP contribution in [0.1, 0.15) is 33.6 Å². The van der Waals surface area contributed by atoms with E-state index in [0.29, 0.717) is 11.5 Å². The number of likely N-dealkylation sites (tertiary alicyclic amines) is 1. The van der Waals surface area contributed by atoms with E-state index < -0.39 is 0 Å². The molecule has 1 unspecified atom stereocenters. The van der Waals surface area contributed by atoms with Crippen LogP contribution in [0.25, 0.3) is 0 Å². The van der Waals surface area contributed by atoms with E-state index in [9.17, 15) is 4.79 Å². The molecule has 0 radical (unpaired) electrons. The van der Waals surface area contributed by atoms with Crippen molar-refractivity contribution in [3.63, 3.8) is 0 Å². The molecule has 2 heteroatoms. The standard InChI is InChI=1S/C9H17NO/c1-8-6-9(2,3)4-5-10(8)7-11/h7-8H,4-6H2,1-3H3. The van der Waals surface area contributed by atoms with Crippen molar-refractivity contribution in [3.05, 3.63) is 0 Å². The van der Waals surface area contributed by atoms with Gasteiger partial charge in [0.2, 0.25) is 6.41 Å². The molecule has 1 aliphatic heterocycles. The van der Waals surface area contributed by atoms with Crippen LogP contribution in [0.3, 0.4) is 0 Å². The first-order valence-corrected chi connectivity index (χ1v) is 4.26. The van der Waals surface area contributed by atoms with Crippen molar-refractivity contribution >= 4 is 6.41 Å². The van der Waals surface area contributed by atoms with Gasteiger partial charge in [-0.25, -0.2) is 0 Å². The van der Waals surface area contributed by atoms with Crippen LogP contribution in [0.2, 0.25) is 0 Å². The summed E-state index contributed by atoms with van der Waals surface area (Å²) in [5.74, 6) is 0. The van der Waals surface area contributed by atoms with Gasteiger partial charge in [-0.05, 0) is 25.2 Å². The summed E-state index contributed by atoms with van der Waals surface area (Å²) >= 11 is 0. The zero-order chi connectivity index (χ0) is 8.48. The van der Waals surface area contributed by atoms with E-state index in [-0.39, 0.29) is 0 Å². The molecule has 0 aromatic rings. The molecule has 2 nitrogen and oxygen atoms in total. The van der Waals surface area contributed by atoms with Crippen LogP contribution < -0.4 is 0 Å². The lowest BCUT2D eigenvalue weighted by Crippen LogP contribution is -2.42. The molecule has 0 spiro atoms. The van der Waals surface area contributed by atoms with Gasteiger partial charge in [0, 0.05) is 12.6 Å². The summed E-state index contributed by atoms with van der Waals surface area (Å²) in [7, 11) is 0. The fraction of sp³-hybridized carbons (Fsp3) is 0.889. The van der Waals surface area contributed by atoms with Gasteiger partial charge in [0.15, 0.2) is 0 Å². The SMILES string of the molecule is CC1CC(C)(C)CCN1C=O. The number of carbonyl (C=O) groups excluding carboxylic acids is 1. The van der Waals surface area contributed by atoms with E-state index in [1.165, 1.54) is 0 Å². The third kappa shape index (κ3) is 1.95. The van der Waals surface area contributed by atoms with E-state index in [0.717, 1.165) is 25.8 Å². The highest BCUT2D eigenvalue weighted by Crippen LogP contribution is 2.32. The molecule has 1 rings (SSSR count). The molecular formula is C9H17NO. The molecule has 0 saturated carbocycles. The summed E-state index contributed by atoms with van der Waals surface area (Å²) in [6.07, 6.45) is 3.24. The molecule has 64 valence electrons.